The molecule has 0 bridgehead atoms. The first-order valence-corrected chi connectivity index (χ1v) is 30.3. The lowest BCUT2D eigenvalue weighted by atomic mass is 9.93. The zero-order chi connectivity index (χ0) is 65.6. The highest BCUT2D eigenvalue weighted by molar-refractivity contribution is 6.15. The third kappa shape index (κ3) is 9.82. The van der Waals surface area contributed by atoms with Crippen LogP contribution in [0.1, 0.15) is 22.3 Å². The van der Waals surface area contributed by atoms with E-state index in [2.05, 4.69) is 126 Å². The minimum absolute atomic E-state index is 0.333. The molecule has 12 nitrogen and oxygen atoms in total. The molecule has 96 heavy (non-hydrogen) atoms. The molecule has 15 rings (SSSR count). The van der Waals surface area contributed by atoms with Gasteiger partial charge in [-0.25, -0.2) is 29.3 Å². The number of hydrogen-bond donors (Lipinski definition) is 0. The van der Waals surface area contributed by atoms with Crippen molar-refractivity contribution in [2.75, 3.05) is 0 Å². The van der Waals surface area contributed by atoms with Gasteiger partial charge >= 0.3 is 0 Å². The third-order valence-corrected chi connectivity index (χ3v) is 17.6. The molecule has 0 N–H and O–H groups in total. The summed E-state index contributed by atoms with van der Waals surface area (Å²) in [6.07, 6.45) is 0. The van der Waals surface area contributed by atoms with Crippen LogP contribution >= 0.6 is 0 Å². The Morgan fingerprint density at radius 2 is 0.719 bits per heavy atom. The monoisotopic (exact) mass is 1220 g/mol. The standard InChI is InChI=1S/C84H42N12/c1-89-61-28-32-63(59(40-61)49-87)55-24-34-78-69(42-55)71-44-57(65-30-22-51(47-85)38-74(65)91-3)26-36-79(71)95(78)77-20-12-11-18-68(77)83-67(76-46-73(53-14-7-5-8-15-53)93-84(94-76)54-16-9-6-10-17-54)19-13-21-82(83)96-80-35-25-56(64-33-29-62(90-2)41-60(64)50-88)43-70(80)72-45-58(27-37-81(72)96)66-31-23-52(48-86)39-75(66)92-4/h5-46H. The molecule has 0 aliphatic carbocycles. The van der Waals surface area contributed by atoms with Gasteiger partial charge in [0.2, 0.25) is 0 Å². The fourth-order valence-electron chi connectivity index (χ4n) is 13.2. The largest absolute Gasteiger partial charge is 0.309 e. The van der Waals surface area contributed by atoms with E-state index in [1.807, 2.05) is 133 Å². The lowest BCUT2D eigenvalue weighted by Crippen LogP contribution is -2.04. The van der Waals surface area contributed by atoms with Crippen LogP contribution < -0.4 is 0 Å². The molecule has 12 heteroatoms. The van der Waals surface area contributed by atoms with Crippen molar-refractivity contribution in [1.29, 1.82) is 21.0 Å². The van der Waals surface area contributed by atoms with Gasteiger partial charge in [-0.2, -0.15) is 21.0 Å². The summed E-state index contributed by atoms with van der Waals surface area (Å²) in [4.78, 5) is 25.8. The predicted octanol–water partition coefficient (Wildman–Crippen LogP) is 21.7. The van der Waals surface area contributed by atoms with Gasteiger partial charge in [-0.1, -0.05) is 152 Å². The summed E-state index contributed by atoms with van der Waals surface area (Å²) in [6, 6.07) is 90.8. The highest BCUT2D eigenvalue weighted by Gasteiger charge is 2.27. The second kappa shape index (κ2) is 23.9. The molecule has 3 heterocycles. The zero-order valence-electron chi connectivity index (χ0n) is 50.6. The van der Waals surface area contributed by atoms with Crippen LogP contribution in [0.5, 0.6) is 0 Å². The number of rotatable bonds is 10. The van der Waals surface area contributed by atoms with Gasteiger partial charge in [-0.3, -0.25) is 0 Å². The van der Waals surface area contributed by atoms with Crippen LogP contribution in [0, 0.1) is 71.6 Å². The van der Waals surface area contributed by atoms with E-state index in [-0.39, 0.29) is 0 Å². The summed E-state index contributed by atoms with van der Waals surface area (Å²) in [5.41, 5.74) is 18.9. The maximum absolute atomic E-state index is 10.6. The molecule has 0 aliphatic rings. The fourth-order valence-corrected chi connectivity index (χ4v) is 13.2. The third-order valence-electron chi connectivity index (χ3n) is 17.6. The summed E-state index contributed by atoms with van der Waals surface area (Å²) >= 11 is 0. The van der Waals surface area contributed by atoms with E-state index in [1.54, 1.807) is 48.5 Å². The van der Waals surface area contributed by atoms with E-state index >= 15 is 0 Å². The second-order valence-electron chi connectivity index (χ2n) is 22.8. The molecule has 0 amide bonds. The summed E-state index contributed by atoms with van der Waals surface area (Å²) in [7, 11) is 0. The van der Waals surface area contributed by atoms with Gasteiger partial charge in [-0.05, 0) is 148 Å². The van der Waals surface area contributed by atoms with Gasteiger partial charge in [-0.15, -0.1) is 0 Å². The highest BCUT2D eigenvalue weighted by atomic mass is 15.0. The smallest absolute Gasteiger partial charge is 0.196 e. The summed E-state index contributed by atoms with van der Waals surface area (Å²) in [5, 5.41) is 44.2. The number of hydrogen-bond acceptors (Lipinski definition) is 6. The van der Waals surface area contributed by atoms with Crippen molar-refractivity contribution in [3.05, 3.63) is 323 Å². The first-order valence-electron chi connectivity index (χ1n) is 30.3. The van der Waals surface area contributed by atoms with Crippen molar-refractivity contribution in [3.8, 4) is 125 Å². The summed E-state index contributed by atoms with van der Waals surface area (Å²) < 4.78 is 4.51. The second-order valence-corrected chi connectivity index (χ2v) is 22.8. The fraction of sp³-hybridized carbons (Fsp3) is 0. The normalized spacial score (nSPS) is 10.8. The van der Waals surface area contributed by atoms with E-state index < -0.39 is 0 Å². The van der Waals surface area contributed by atoms with Crippen molar-refractivity contribution < 1.29 is 0 Å². The van der Waals surface area contributed by atoms with Crippen LogP contribution in [0.25, 0.3) is 164 Å². The average Bonchev–Trinajstić information content (AvgIpc) is 1.54. The number of para-hydroxylation sites is 1. The minimum atomic E-state index is 0.333. The van der Waals surface area contributed by atoms with Gasteiger partial charge in [0.1, 0.15) is 0 Å². The molecule has 3 aromatic heterocycles. The quantitative estimate of drug-likeness (QED) is 0.125. The molecule has 0 fully saturated rings. The molecule has 0 aliphatic heterocycles. The van der Waals surface area contributed by atoms with Crippen LogP contribution in [0.4, 0.5) is 22.7 Å². The Bertz CT molecular complexity index is 5870. The van der Waals surface area contributed by atoms with Crippen molar-refractivity contribution in [2.45, 2.75) is 0 Å². The Morgan fingerprint density at radius 1 is 0.302 bits per heavy atom. The Labute approximate surface area is 551 Å². The zero-order valence-corrected chi connectivity index (χ0v) is 50.6. The number of nitriles is 4. The van der Waals surface area contributed by atoms with Crippen LogP contribution in [0.15, 0.2) is 255 Å². The molecule has 0 atom stereocenters. The molecule has 0 saturated heterocycles. The van der Waals surface area contributed by atoms with Gasteiger partial charge in [0.15, 0.2) is 28.6 Å². The highest BCUT2D eigenvalue weighted by Crippen LogP contribution is 2.48. The van der Waals surface area contributed by atoms with E-state index in [1.165, 1.54) is 0 Å². The maximum Gasteiger partial charge on any atom is 0.196 e. The lowest BCUT2D eigenvalue weighted by molar-refractivity contribution is 1.15. The van der Waals surface area contributed by atoms with Crippen LogP contribution in [-0.2, 0) is 0 Å². The number of benzene rings is 12. The molecule has 12 aromatic carbocycles. The van der Waals surface area contributed by atoms with Crippen molar-refractivity contribution in [1.82, 2.24) is 19.1 Å². The van der Waals surface area contributed by atoms with Gasteiger partial charge in [0.25, 0.3) is 0 Å². The van der Waals surface area contributed by atoms with Crippen molar-refractivity contribution in [3.63, 3.8) is 0 Å². The number of nitrogens with zero attached hydrogens (tertiary/aromatic N) is 12. The topological polar surface area (TPSA) is 148 Å². The summed E-state index contributed by atoms with van der Waals surface area (Å²) in [5.74, 6) is 0.525. The molecule has 0 spiro atoms. The first-order chi connectivity index (χ1) is 47.2. The predicted molar refractivity (Wildman–Crippen MR) is 378 cm³/mol. The van der Waals surface area contributed by atoms with Crippen LogP contribution in [-0.4, -0.2) is 19.1 Å². The van der Waals surface area contributed by atoms with Gasteiger partial charge < -0.3 is 9.13 Å². The molecule has 0 saturated carbocycles. The van der Waals surface area contributed by atoms with Crippen molar-refractivity contribution in [2.24, 2.45) is 0 Å². The van der Waals surface area contributed by atoms with E-state index in [0.29, 0.717) is 84.5 Å². The molecule has 15 aromatic rings. The average molecular weight is 1220 g/mol. The SMILES string of the molecule is [C-]#[N+]c1ccc(-c2ccc3c(c2)c2cc(-c4ccc(C#N)cc4[N+]#[C-])ccc2n3-c2ccccc2-c2c(-c3cc(-c4ccccc4)nc(-c4ccccc4)n3)cccc2-n2c3ccc(-c4ccc([N+]#[C-])cc4C#N)cc3c3cc(-c4ccc(C#N)cc4[N+]#[C-])ccc32)c(C#N)c1. The number of fused-ring (bicyclic) bond motifs is 6. The van der Waals surface area contributed by atoms with E-state index in [9.17, 15) is 21.0 Å². The van der Waals surface area contributed by atoms with E-state index in [0.717, 1.165) is 105 Å². The Balaban J connectivity index is 1.06. The Morgan fingerprint density at radius 3 is 1.19 bits per heavy atom. The molecule has 0 radical (unpaired) electrons. The first kappa shape index (κ1) is 57.7. The Hall–Kier alpha value is -14.8. The van der Waals surface area contributed by atoms with Crippen LogP contribution in [0.2, 0.25) is 0 Å². The molecule has 438 valence electrons. The molecular weight excluding hydrogens is 1180 g/mol. The van der Waals surface area contributed by atoms with E-state index in [4.69, 9.17) is 36.3 Å². The lowest BCUT2D eigenvalue weighted by Gasteiger charge is -2.22. The van der Waals surface area contributed by atoms with Gasteiger partial charge in [0.05, 0.1) is 95.4 Å². The molecule has 0 unspecified atom stereocenters. The van der Waals surface area contributed by atoms with Crippen LogP contribution in [0.3, 0.4) is 0 Å². The minimum Gasteiger partial charge on any atom is -0.309 e. The van der Waals surface area contributed by atoms with Gasteiger partial charge in [0, 0.05) is 71.6 Å². The summed E-state index contributed by atoms with van der Waals surface area (Å²) in [6.45, 7) is 32.0. The molecular formula is C84H42N12. The Kier molecular flexibility index (Phi) is 14.3. The maximum atomic E-state index is 10.6. The van der Waals surface area contributed by atoms with Crippen molar-refractivity contribution >= 4 is 66.4 Å². The number of aromatic nitrogens is 4.